The van der Waals surface area contributed by atoms with E-state index < -0.39 is 64.4 Å². The van der Waals surface area contributed by atoms with Crippen LogP contribution in [0.1, 0.15) is 22.3 Å². The Labute approximate surface area is 241 Å². The highest BCUT2D eigenvalue weighted by Gasteiger charge is 2.69. The smallest absolute Gasteiger partial charge is 0.235 e. The second-order valence-electron chi connectivity index (χ2n) is 11.2. The van der Waals surface area contributed by atoms with Crippen molar-refractivity contribution in [1.29, 1.82) is 0 Å². The molecule has 2 unspecified atom stereocenters. The molecule has 5 rings (SSSR count). The fraction of sp³-hybridized carbons (Fsp3) is 0.433. The van der Waals surface area contributed by atoms with Crippen LogP contribution in [-0.4, -0.2) is 91.2 Å². The number of phenols is 1. The van der Waals surface area contributed by atoms with Gasteiger partial charge < -0.3 is 30.2 Å². The van der Waals surface area contributed by atoms with E-state index in [9.17, 15) is 34.2 Å². The molecule has 3 aliphatic carbocycles. The molecule has 0 spiro atoms. The summed E-state index contributed by atoms with van der Waals surface area (Å²) in [7, 11) is 7.47. The van der Waals surface area contributed by atoms with Gasteiger partial charge in [0, 0.05) is 5.92 Å². The van der Waals surface area contributed by atoms with Gasteiger partial charge >= 0.3 is 0 Å². The van der Waals surface area contributed by atoms with E-state index in [1.807, 2.05) is 0 Å². The fourth-order valence-corrected chi connectivity index (χ4v) is 7.11. The number of nitrogens with two attached hydrogens (primary N) is 1. The van der Waals surface area contributed by atoms with Crippen LogP contribution in [0.2, 0.25) is 0 Å². The Bertz CT molecular complexity index is 1520. The van der Waals surface area contributed by atoms with E-state index in [0.29, 0.717) is 33.9 Å². The third-order valence-corrected chi connectivity index (χ3v) is 8.92. The molecule has 4 N–H and O–H groups in total. The molecule has 3 aliphatic rings. The minimum absolute atomic E-state index is 0.0474. The second kappa shape index (κ2) is 10.2. The number of aromatic hydroxyl groups is 1. The molecule has 2 fully saturated rings. The van der Waals surface area contributed by atoms with Crippen LogP contribution in [0, 0.1) is 23.7 Å². The molecule has 0 radical (unpaired) electrons. The lowest BCUT2D eigenvalue weighted by Crippen LogP contribution is -2.74. The highest BCUT2D eigenvalue weighted by Crippen LogP contribution is 2.52. The van der Waals surface area contributed by atoms with Gasteiger partial charge in [0.25, 0.3) is 0 Å². The molecule has 0 bridgehead atoms. The Kier molecular flexibility index (Phi) is 7.10. The number of carbonyl (C=O) groups excluding carboxylic acids is 5. The molecule has 12 heteroatoms. The van der Waals surface area contributed by atoms with Crippen LogP contribution in [-0.2, 0) is 25.6 Å². The van der Waals surface area contributed by atoms with Crippen molar-refractivity contribution >= 4 is 29.0 Å². The lowest BCUT2D eigenvalue weighted by molar-refractivity contribution is -0.181. The number of fused-ring (bicyclic) bond motifs is 3. The predicted octanol–water partition coefficient (Wildman–Crippen LogP) is 0.560. The molecule has 0 aromatic heterocycles. The van der Waals surface area contributed by atoms with Gasteiger partial charge in [0.15, 0.2) is 46.2 Å². The van der Waals surface area contributed by atoms with E-state index in [1.165, 1.54) is 46.4 Å². The first-order valence-corrected chi connectivity index (χ1v) is 13.3. The normalized spacial score (nSPS) is 28.6. The van der Waals surface area contributed by atoms with Crippen LogP contribution in [0.3, 0.4) is 0 Å². The van der Waals surface area contributed by atoms with Gasteiger partial charge in [0.2, 0.25) is 11.7 Å². The summed E-state index contributed by atoms with van der Waals surface area (Å²) >= 11 is 0. The van der Waals surface area contributed by atoms with Crippen LogP contribution < -0.4 is 19.9 Å². The summed E-state index contributed by atoms with van der Waals surface area (Å²) in [4.78, 5) is 68.3. The van der Waals surface area contributed by atoms with E-state index in [-0.39, 0.29) is 24.2 Å². The number of benzene rings is 2. The topological polar surface area (TPSA) is 183 Å². The zero-order valence-corrected chi connectivity index (χ0v) is 23.8. The molecule has 0 heterocycles. The summed E-state index contributed by atoms with van der Waals surface area (Å²) in [5.74, 6) is -9.92. The van der Waals surface area contributed by atoms with Gasteiger partial charge in [-0.3, -0.25) is 28.9 Å². The quantitative estimate of drug-likeness (QED) is 0.406. The van der Waals surface area contributed by atoms with Gasteiger partial charge in [-0.1, -0.05) is 6.07 Å². The van der Waals surface area contributed by atoms with Crippen molar-refractivity contribution in [3.8, 4) is 34.1 Å². The average molecular weight is 581 g/mol. The minimum Gasteiger partial charge on any atom is -0.507 e. The maximum Gasteiger partial charge on any atom is 0.235 e. The van der Waals surface area contributed by atoms with Crippen LogP contribution in [0.15, 0.2) is 24.3 Å². The Hall–Kier alpha value is -4.29. The molecule has 12 nitrogen and oxygen atoms in total. The first-order valence-electron chi connectivity index (χ1n) is 13.3. The van der Waals surface area contributed by atoms with Crippen LogP contribution in [0.25, 0.3) is 11.1 Å². The summed E-state index contributed by atoms with van der Waals surface area (Å²) < 4.78 is 16.4. The number of hydrogen-bond acceptors (Lipinski definition) is 11. The van der Waals surface area contributed by atoms with Crippen molar-refractivity contribution < 1.29 is 48.4 Å². The summed E-state index contributed by atoms with van der Waals surface area (Å²) in [5, 5.41) is 22.5. The number of phenolic OH excluding ortho intramolecular Hbond substituents is 1. The predicted molar refractivity (Wildman–Crippen MR) is 146 cm³/mol. The fourth-order valence-electron chi connectivity index (χ4n) is 7.11. The number of methoxy groups -OCH3 is 3. The van der Waals surface area contributed by atoms with Crippen molar-refractivity contribution in [2.45, 2.75) is 24.5 Å². The number of carbonyl (C=O) groups is 5. The molecule has 0 saturated heterocycles. The standard InChI is InChI=1S/C30H32N2O10/c1-32(2)23-16-9-13-8-15-14(12-10-18(40-3)26(42-5)19(11-12)41-4)6-7-17(33)21(15)24(34)20(13)27(36)30(16,39)28(37)22(25(23)35)29(31)38/h6-7,10-11,13,16,20,22-23,33,39H,8-9H2,1-5H3,(H2,31,38)/t13-,16-,20?,22?,23-,30-/m0/s1. The van der Waals surface area contributed by atoms with Gasteiger partial charge in [-0.15, -0.1) is 0 Å². The number of amides is 1. The van der Waals surface area contributed by atoms with E-state index in [0.717, 1.165) is 0 Å². The van der Waals surface area contributed by atoms with Crippen LogP contribution in [0.5, 0.6) is 23.0 Å². The van der Waals surface area contributed by atoms with Gasteiger partial charge in [0.1, 0.15) is 5.75 Å². The summed E-state index contributed by atoms with van der Waals surface area (Å²) in [5.41, 5.74) is 4.09. The monoisotopic (exact) mass is 580 g/mol. The lowest BCUT2D eigenvalue weighted by Gasteiger charge is -2.52. The summed E-state index contributed by atoms with van der Waals surface area (Å²) in [6, 6.07) is 5.18. The number of Topliss-reactive ketones (excluding diaryl/α,β-unsaturated/α-hetero) is 4. The Morgan fingerprint density at radius 2 is 1.62 bits per heavy atom. The number of hydrogen-bond donors (Lipinski definition) is 3. The Morgan fingerprint density at radius 1 is 1.00 bits per heavy atom. The third kappa shape index (κ3) is 3.92. The number of likely N-dealkylation sites (N-methyl/N-ethyl adjacent to an activating group) is 1. The highest BCUT2D eigenvalue weighted by molar-refractivity contribution is 6.32. The maximum absolute atomic E-state index is 14.0. The second-order valence-corrected chi connectivity index (χ2v) is 11.2. The first kappa shape index (κ1) is 29.2. The summed E-state index contributed by atoms with van der Waals surface area (Å²) in [6.45, 7) is 0. The largest absolute Gasteiger partial charge is 0.507 e. The number of nitrogens with zero attached hydrogens (tertiary/aromatic N) is 1. The number of aliphatic hydroxyl groups is 1. The Morgan fingerprint density at radius 3 is 2.14 bits per heavy atom. The number of ketones is 4. The first-order chi connectivity index (χ1) is 19.8. The van der Waals surface area contributed by atoms with Gasteiger partial charge in [-0.25, -0.2) is 0 Å². The Balaban J connectivity index is 1.67. The molecule has 2 aromatic rings. The molecule has 222 valence electrons. The number of rotatable bonds is 6. The van der Waals surface area contributed by atoms with Crippen LogP contribution in [0.4, 0.5) is 0 Å². The minimum atomic E-state index is -2.78. The van der Waals surface area contributed by atoms with Gasteiger partial charge in [-0.05, 0) is 67.7 Å². The average Bonchev–Trinajstić information content (AvgIpc) is 2.93. The summed E-state index contributed by atoms with van der Waals surface area (Å²) in [6.07, 6.45) is 0.0699. The molecular formula is C30H32N2O10. The maximum atomic E-state index is 14.0. The third-order valence-electron chi connectivity index (χ3n) is 8.92. The molecule has 2 aromatic carbocycles. The molecule has 6 atom stereocenters. The van der Waals surface area contributed by atoms with Crippen molar-refractivity contribution in [1.82, 2.24) is 4.90 Å². The van der Waals surface area contributed by atoms with E-state index >= 15 is 0 Å². The number of ether oxygens (including phenoxy) is 3. The SMILES string of the molecule is COc1cc(-c2ccc(O)c3c2C[C@H]2C[C@H]4[C@H](N(C)C)C(=O)C(C(N)=O)C(=O)[C@@]4(O)C(=O)C2C3=O)cc(OC)c1OC. The van der Waals surface area contributed by atoms with Gasteiger partial charge in [-0.2, -0.15) is 0 Å². The van der Waals surface area contributed by atoms with Gasteiger partial charge in [0.05, 0.1) is 38.9 Å². The molecular weight excluding hydrogens is 548 g/mol. The van der Waals surface area contributed by atoms with Crippen molar-refractivity contribution in [3.63, 3.8) is 0 Å². The van der Waals surface area contributed by atoms with E-state index in [1.54, 1.807) is 18.2 Å². The number of primary amides is 1. The molecule has 42 heavy (non-hydrogen) atoms. The van der Waals surface area contributed by atoms with Crippen LogP contribution >= 0.6 is 0 Å². The molecule has 0 aliphatic heterocycles. The molecule has 1 amide bonds. The molecule has 2 saturated carbocycles. The van der Waals surface area contributed by atoms with E-state index in [2.05, 4.69) is 0 Å². The zero-order valence-electron chi connectivity index (χ0n) is 23.8. The van der Waals surface area contributed by atoms with Crippen molar-refractivity contribution in [2.75, 3.05) is 35.4 Å². The van der Waals surface area contributed by atoms with Crippen molar-refractivity contribution in [3.05, 3.63) is 35.4 Å². The lowest BCUT2D eigenvalue weighted by atomic mass is 9.52. The zero-order chi connectivity index (χ0) is 30.8. The van der Waals surface area contributed by atoms with Crippen molar-refractivity contribution in [2.24, 2.45) is 29.4 Å². The highest BCUT2D eigenvalue weighted by atomic mass is 16.5. The van der Waals surface area contributed by atoms with E-state index in [4.69, 9.17) is 19.9 Å².